The second kappa shape index (κ2) is 5.48. The predicted octanol–water partition coefficient (Wildman–Crippen LogP) is 5.21. The highest BCUT2D eigenvalue weighted by Gasteiger charge is 2.26. The third-order valence-corrected chi connectivity index (χ3v) is 4.97. The van der Waals surface area contributed by atoms with Gasteiger partial charge in [-0.25, -0.2) is 4.39 Å². The number of nitrogens with zero attached hydrogens (tertiary/aromatic N) is 1. The smallest absolute Gasteiger partial charge is 0.134 e. The minimum atomic E-state index is -0.265. The van der Waals surface area contributed by atoms with E-state index < -0.39 is 0 Å². The van der Waals surface area contributed by atoms with E-state index in [2.05, 4.69) is 16.0 Å². The Morgan fingerprint density at radius 3 is 3.00 bits per heavy atom. The minimum Gasteiger partial charge on any atom is -0.466 e. The van der Waals surface area contributed by atoms with Gasteiger partial charge in [0.05, 0.1) is 12.0 Å². The maximum atomic E-state index is 13.5. The quantitative estimate of drug-likeness (QED) is 0.509. The lowest BCUT2D eigenvalue weighted by molar-refractivity contribution is 0.448. The Balaban J connectivity index is 1.70. The molecule has 25 heavy (non-hydrogen) atoms. The molecular formula is C20H14ClFN2O. The van der Waals surface area contributed by atoms with Crippen molar-refractivity contribution in [1.82, 2.24) is 9.88 Å². The van der Waals surface area contributed by atoms with Crippen molar-refractivity contribution in [1.29, 1.82) is 0 Å². The molecule has 1 aliphatic heterocycles. The van der Waals surface area contributed by atoms with Crippen molar-refractivity contribution < 1.29 is 8.81 Å². The van der Waals surface area contributed by atoms with E-state index in [1.807, 2.05) is 30.5 Å². The van der Waals surface area contributed by atoms with E-state index in [4.69, 9.17) is 16.0 Å². The summed E-state index contributed by atoms with van der Waals surface area (Å²) in [6, 6.07) is 14.6. The number of halogens is 2. The molecule has 2 aromatic carbocycles. The number of benzene rings is 2. The number of fused-ring (bicyclic) bond motifs is 4. The van der Waals surface area contributed by atoms with Crippen molar-refractivity contribution >= 4 is 22.4 Å². The second-order valence-electron chi connectivity index (χ2n) is 6.22. The van der Waals surface area contributed by atoms with Crippen LogP contribution in [0.5, 0.6) is 0 Å². The van der Waals surface area contributed by atoms with Gasteiger partial charge in [-0.3, -0.25) is 5.32 Å². The van der Waals surface area contributed by atoms with Gasteiger partial charge in [0.15, 0.2) is 0 Å². The summed E-state index contributed by atoms with van der Waals surface area (Å²) in [5, 5.41) is 5.94. The molecule has 1 atom stereocenters. The van der Waals surface area contributed by atoms with Gasteiger partial charge in [0.1, 0.15) is 17.6 Å². The highest BCUT2D eigenvalue weighted by atomic mass is 35.5. The van der Waals surface area contributed by atoms with Crippen molar-refractivity contribution in [2.24, 2.45) is 0 Å². The molecule has 5 heteroatoms. The average molecular weight is 353 g/mol. The Morgan fingerprint density at radius 1 is 1.16 bits per heavy atom. The normalized spacial score (nSPS) is 16.5. The highest BCUT2D eigenvalue weighted by Crippen LogP contribution is 2.35. The number of nitrogens with one attached hydrogen (secondary N) is 1. The zero-order chi connectivity index (χ0) is 17.0. The van der Waals surface area contributed by atoms with Gasteiger partial charge in [0, 0.05) is 34.2 Å². The summed E-state index contributed by atoms with van der Waals surface area (Å²) in [7, 11) is 0. The molecule has 4 aromatic rings. The number of hydrogen-bond donors (Lipinski definition) is 1. The fourth-order valence-electron chi connectivity index (χ4n) is 3.57. The molecule has 3 nitrogen and oxygen atoms in total. The van der Waals surface area contributed by atoms with Gasteiger partial charge in [-0.05, 0) is 48.0 Å². The third kappa shape index (κ3) is 2.29. The molecule has 1 unspecified atom stereocenters. The van der Waals surface area contributed by atoms with Crippen LogP contribution in [0.2, 0.25) is 5.02 Å². The van der Waals surface area contributed by atoms with Gasteiger partial charge in [0.25, 0.3) is 0 Å². The maximum absolute atomic E-state index is 13.5. The zero-order valence-corrected chi connectivity index (χ0v) is 13.9. The van der Waals surface area contributed by atoms with Crippen LogP contribution < -0.4 is 5.32 Å². The van der Waals surface area contributed by atoms with Crippen molar-refractivity contribution in [3.63, 3.8) is 0 Å². The number of rotatable bonds is 1. The van der Waals surface area contributed by atoms with Gasteiger partial charge in [-0.15, -0.1) is 0 Å². The van der Waals surface area contributed by atoms with E-state index in [1.54, 1.807) is 12.3 Å². The standard InChI is InChI=1S/C20H14ClFN2O/c21-14-4-3-12-10-23-19(17-2-1-7-24(17)18(12)9-14)20-16-6-5-15(22)8-13(16)11-25-20/h1-9,11,19,23H,10H2. The van der Waals surface area contributed by atoms with E-state index in [0.717, 1.165) is 33.5 Å². The lowest BCUT2D eigenvalue weighted by Crippen LogP contribution is -2.21. The molecular weight excluding hydrogens is 339 g/mol. The summed E-state index contributed by atoms with van der Waals surface area (Å²) in [6.45, 7) is 0.683. The van der Waals surface area contributed by atoms with E-state index in [1.165, 1.54) is 12.1 Å². The van der Waals surface area contributed by atoms with Gasteiger partial charge in [-0.2, -0.15) is 0 Å². The topological polar surface area (TPSA) is 30.1 Å². The fraction of sp³-hybridized carbons (Fsp3) is 0.100. The summed E-state index contributed by atoms with van der Waals surface area (Å²) < 4.78 is 21.5. The van der Waals surface area contributed by atoms with Crippen LogP contribution in [0.25, 0.3) is 16.5 Å². The maximum Gasteiger partial charge on any atom is 0.134 e. The fourth-order valence-corrected chi connectivity index (χ4v) is 3.74. The van der Waals surface area contributed by atoms with Crippen LogP contribution in [0.3, 0.4) is 0 Å². The molecule has 0 saturated carbocycles. The molecule has 0 bridgehead atoms. The Labute approximate surface area is 148 Å². The monoisotopic (exact) mass is 352 g/mol. The molecule has 0 amide bonds. The Kier molecular flexibility index (Phi) is 3.23. The molecule has 0 fully saturated rings. The predicted molar refractivity (Wildman–Crippen MR) is 95.6 cm³/mol. The second-order valence-corrected chi connectivity index (χ2v) is 6.66. The van der Waals surface area contributed by atoms with E-state index in [0.29, 0.717) is 11.6 Å². The first kappa shape index (κ1) is 14.8. The van der Waals surface area contributed by atoms with Crippen LogP contribution in [0, 0.1) is 5.82 Å². The zero-order valence-electron chi connectivity index (χ0n) is 13.2. The molecule has 0 spiro atoms. The van der Waals surface area contributed by atoms with Gasteiger partial charge in [0.2, 0.25) is 0 Å². The lowest BCUT2D eigenvalue weighted by Gasteiger charge is -2.15. The Hall–Kier alpha value is -2.56. The van der Waals surface area contributed by atoms with Crippen molar-refractivity contribution in [2.45, 2.75) is 12.6 Å². The van der Waals surface area contributed by atoms with Crippen LogP contribution in [0.15, 0.2) is 65.4 Å². The van der Waals surface area contributed by atoms with Crippen molar-refractivity contribution in [3.05, 3.63) is 88.8 Å². The summed E-state index contributed by atoms with van der Waals surface area (Å²) >= 11 is 6.20. The molecule has 5 rings (SSSR count). The summed E-state index contributed by atoms with van der Waals surface area (Å²) in [5.41, 5.74) is 3.28. The van der Waals surface area contributed by atoms with Gasteiger partial charge < -0.3 is 8.98 Å². The molecule has 0 aliphatic carbocycles. The van der Waals surface area contributed by atoms with E-state index >= 15 is 0 Å². The van der Waals surface area contributed by atoms with Gasteiger partial charge >= 0.3 is 0 Å². The average Bonchev–Trinajstić information content (AvgIpc) is 3.21. The highest BCUT2D eigenvalue weighted by molar-refractivity contribution is 6.30. The Bertz CT molecular complexity index is 1100. The lowest BCUT2D eigenvalue weighted by atomic mass is 10.1. The number of aromatic nitrogens is 1. The molecule has 1 aliphatic rings. The molecule has 0 radical (unpaired) electrons. The molecule has 0 saturated heterocycles. The SMILES string of the molecule is Fc1ccc2c(C3NCc4ccc(Cl)cc4-n4cccc43)occ2c1. The third-order valence-electron chi connectivity index (χ3n) is 4.73. The van der Waals surface area contributed by atoms with E-state index in [9.17, 15) is 4.39 Å². The van der Waals surface area contributed by atoms with Crippen LogP contribution in [-0.4, -0.2) is 4.57 Å². The van der Waals surface area contributed by atoms with Crippen molar-refractivity contribution in [3.8, 4) is 5.69 Å². The summed E-state index contributed by atoms with van der Waals surface area (Å²) in [5.74, 6) is 0.521. The van der Waals surface area contributed by atoms with Crippen LogP contribution in [0.1, 0.15) is 23.1 Å². The minimum absolute atomic E-state index is 0.135. The summed E-state index contributed by atoms with van der Waals surface area (Å²) in [6.07, 6.45) is 3.63. The van der Waals surface area contributed by atoms with Crippen LogP contribution in [0.4, 0.5) is 4.39 Å². The Morgan fingerprint density at radius 2 is 2.08 bits per heavy atom. The van der Waals surface area contributed by atoms with E-state index in [-0.39, 0.29) is 11.9 Å². The van der Waals surface area contributed by atoms with Crippen LogP contribution in [-0.2, 0) is 6.54 Å². The van der Waals surface area contributed by atoms with Gasteiger partial charge in [-0.1, -0.05) is 17.7 Å². The van der Waals surface area contributed by atoms with Crippen LogP contribution >= 0.6 is 11.6 Å². The molecule has 3 heterocycles. The summed E-state index contributed by atoms with van der Waals surface area (Å²) in [4.78, 5) is 0. The first-order valence-corrected chi connectivity index (χ1v) is 8.44. The largest absolute Gasteiger partial charge is 0.466 e. The molecule has 124 valence electrons. The first-order chi connectivity index (χ1) is 12.2. The molecule has 2 aromatic heterocycles. The number of hydrogen-bond acceptors (Lipinski definition) is 2. The first-order valence-electron chi connectivity index (χ1n) is 8.07. The van der Waals surface area contributed by atoms with Crippen molar-refractivity contribution in [2.75, 3.05) is 0 Å². The molecule has 1 N–H and O–H groups in total. The number of furan rings is 1.